The van der Waals surface area contributed by atoms with Gasteiger partial charge in [0.15, 0.2) is 0 Å². The van der Waals surface area contributed by atoms with Crippen molar-refractivity contribution >= 4 is 71.3 Å². The quantitative estimate of drug-likeness (QED) is 0.0644. The molecule has 2 aliphatic heterocycles. The number of hydrogen-bond donors (Lipinski definition) is 2. The number of aromatic nitrogens is 4. The third-order valence-corrected chi connectivity index (χ3v) is 30.0. The average molecular weight is 1130 g/mol. The number of fused-ring (bicyclic) bond motifs is 8. The van der Waals surface area contributed by atoms with Crippen molar-refractivity contribution in [3.8, 4) is 52.8 Å². The Bertz CT molecular complexity index is 3530. The minimum Gasteiger partial charge on any atom is -0.543 e. The summed E-state index contributed by atoms with van der Waals surface area (Å²) in [6.45, 7) is 36.2. The number of nitrogens with one attached hydrogen (secondary N) is 2. The van der Waals surface area contributed by atoms with Crippen LogP contribution in [0.2, 0.25) is 54.4 Å². The van der Waals surface area contributed by atoms with E-state index in [2.05, 4.69) is 203 Å². The molecule has 0 saturated heterocycles. The van der Waals surface area contributed by atoms with Crippen LogP contribution in [0.1, 0.15) is 176 Å². The van der Waals surface area contributed by atoms with Crippen molar-refractivity contribution in [1.82, 2.24) is 19.9 Å². The number of nitrogens with zero attached hydrogens (tertiary/aromatic N) is 2. The molecule has 7 nitrogen and oxygen atoms in total. The molecule has 8 rings (SSSR count). The van der Waals surface area contributed by atoms with Crippen molar-refractivity contribution in [2.75, 3.05) is 0 Å². The molecule has 2 N–H and O–H groups in total. The zero-order valence-electron chi connectivity index (χ0n) is 51.3. The average Bonchev–Trinajstić information content (AvgIpc) is 4.29. The third-order valence-electron chi connectivity index (χ3n) is 16.9. The maximum Gasteiger partial charge on any atom is 0.250 e. The zero-order chi connectivity index (χ0) is 58.4. The first kappa shape index (κ1) is 60.1. The Balaban J connectivity index is 1.36. The predicted molar refractivity (Wildman–Crippen MR) is 351 cm³/mol. The van der Waals surface area contributed by atoms with E-state index in [4.69, 9.17) is 23.2 Å². The number of benzene rings is 3. The van der Waals surface area contributed by atoms with Gasteiger partial charge in [-0.05, 0) is 176 Å². The highest BCUT2D eigenvalue weighted by molar-refractivity contribution is 6.75. The molecule has 0 spiro atoms. The van der Waals surface area contributed by atoms with Crippen LogP contribution in [-0.2, 0) is 6.42 Å². The van der Waals surface area contributed by atoms with Gasteiger partial charge >= 0.3 is 0 Å². The maximum atomic E-state index is 6.76. The van der Waals surface area contributed by atoms with E-state index in [1.807, 2.05) is 72.8 Å². The van der Waals surface area contributed by atoms with Crippen LogP contribution in [0.4, 0.5) is 0 Å². The van der Waals surface area contributed by atoms with Gasteiger partial charge in [-0.25, -0.2) is 9.97 Å². The molecule has 8 bridgehead atoms. The molecule has 0 atom stereocenters. The summed E-state index contributed by atoms with van der Waals surface area (Å²) in [5, 5.41) is 0.150. The Morgan fingerprint density at radius 2 is 0.716 bits per heavy atom. The van der Waals surface area contributed by atoms with E-state index >= 15 is 0 Å². The second-order valence-corrected chi connectivity index (χ2v) is 40.6. The van der Waals surface area contributed by atoms with Crippen molar-refractivity contribution in [1.29, 1.82) is 0 Å². The molecule has 420 valence electrons. The lowest BCUT2D eigenvalue weighted by Gasteiger charge is -2.36. The van der Waals surface area contributed by atoms with Gasteiger partial charge in [0.2, 0.25) is 25.0 Å². The number of aromatic amines is 2. The molecule has 0 saturated carbocycles. The van der Waals surface area contributed by atoms with Crippen LogP contribution in [0.25, 0.3) is 46.4 Å². The van der Waals surface area contributed by atoms with Crippen molar-refractivity contribution in [2.24, 2.45) is 0 Å². The van der Waals surface area contributed by atoms with E-state index in [1.54, 1.807) is 0 Å². The van der Waals surface area contributed by atoms with Gasteiger partial charge in [-0.3, -0.25) is 0 Å². The monoisotopic (exact) mass is 1130 g/mol. The van der Waals surface area contributed by atoms with E-state index in [1.165, 1.54) is 37.7 Å². The number of aryl methyl sites for hydroxylation is 1. The lowest BCUT2D eigenvalue weighted by molar-refractivity contribution is 0.492. The fourth-order valence-corrected chi connectivity index (χ4v) is 11.9. The number of hydrogen-bond acceptors (Lipinski definition) is 5. The largest absolute Gasteiger partial charge is 0.543 e. The summed E-state index contributed by atoms with van der Waals surface area (Å²) in [5.74, 6) is 23.9. The van der Waals surface area contributed by atoms with E-state index < -0.39 is 25.0 Å². The topological polar surface area (TPSA) is 85.1 Å². The van der Waals surface area contributed by atoms with Crippen molar-refractivity contribution < 1.29 is 13.3 Å². The summed E-state index contributed by atoms with van der Waals surface area (Å²) in [5.41, 5.74) is 12.7. The van der Waals surface area contributed by atoms with Crippen LogP contribution in [0, 0.1) is 35.5 Å². The fourth-order valence-electron chi connectivity index (χ4n) is 8.85. The molecular weight excluding hydrogens is 1040 g/mol. The van der Waals surface area contributed by atoms with Crippen molar-refractivity contribution in [3.63, 3.8) is 0 Å². The van der Waals surface area contributed by atoms with Gasteiger partial charge in [0.1, 0.15) is 17.2 Å². The first-order valence-corrected chi connectivity index (χ1v) is 38.0. The molecule has 10 heteroatoms. The molecule has 81 heavy (non-hydrogen) atoms. The fraction of sp³-hybridized carbons (Fsp3) is 0.380. The summed E-state index contributed by atoms with van der Waals surface area (Å²) in [6, 6.07) is 33.2. The Morgan fingerprint density at radius 3 is 1.07 bits per heavy atom. The maximum absolute atomic E-state index is 6.76. The van der Waals surface area contributed by atoms with E-state index in [0.29, 0.717) is 17.0 Å². The molecule has 0 amide bonds. The van der Waals surface area contributed by atoms with Crippen molar-refractivity contribution in [2.45, 2.75) is 175 Å². The van der Waals surface area contributed by atoms with Gasteiger partial charge in [-0.15, -0.1) is 0 Å². The summed E-state index contributed by atoms with van der Waals surface area (Å²) < 4.78 is 20.3. The van der Waals surface area contributed by atoms with E-state index in [0.717, 1.165) is 97.8 Å². The lowest BCUT2D eigenvalue weighted by Crippen LogP contribution is -2.43. The summed E-state index contributed by atoms with van der Waals surface area (Å²) >= 11 is 0. The second kappa shape index (κ2) is 24.6. The van der Waals surface area contributed by atoms with Crippen LogP contribution in [0.3, 0.4) is 0 Å². The van der Waals surface area contributed by atoms with Gasteiger partial charge < -0.3 is 23.2 Å². The van der Waals surface area contributed by atoms with Gasteiger partial charge in [-0.2, -0.15) is 0 Å². The molecule has 3 aromatic carbocycles. The third kappa shape index (κ3) is 14.9. The lowest BCUT2D eigenvalue weighted by atomic mass is 10.0. The Kier molecular flexibility index (Phi) is 18.3. The van der Waals surface area contributed by atoms with Crippen LogP contribution in [0.15, 0.2) is 97.1 Å². The van der Waals surface area contributed by atoms with E-state index in [-0.39, 0.29) is 15.1 Å². The van der Waals surface area contributed by atoms with Gasteiger partial charge in [0, 0.05) is 27.7 Å². The predicted octanol–water partition coefficient (Wildman–Crippen LogP) is 19.3. The summed E-state index contributed by atoms with van der Waals surface area (Å²) in [4.78, 5) is 18.6. The summed E-state index contributed by atoms with van der Waals surface area (Å²) in [7, 11) is -6.30. The molecule has 0 unspecified atom stereocenters. The van der Waals surface area contributed by atoms with Crippen LogP contribution >= 0.6 is 0 Å². The first-order valence-electron chi connectivity index (χ1n) is 29.3. The Morgan fingerprint density at radius 1 is 0.395 bits per heavy atom. The zero-order valence-corrected chi connectivity index (χ0v) is 54.3. The molecule has 0 aliphatic carbocycles. The molecule has 0 radical (unpaired) electrons. The van der Waals surface area contributed by atoms with Gasteiger partial charge in [0.05, 0.1) is 50.5 Å². The summed E-state index contributed by atoms with van der Waals surface area (Å²) in [6.07, 6.45) is 17.6. The molecule has 3 aromatic heterocycles. The normalized spacial score (nSPS) is 12.7. The van der Waals surface area contributed by atoms with Gasteiger partial charge in [-0.1, -0.05) is 161 Å². The SMILES string of the molecule is CCCCCCCCCc1c2ccc([nH]2)c(C#Cc2cccc(O[Si](C)(C)C(C)(C)C)c2)c2nc(c(C#Cc3cccc(O[Si](C)(C)C(C)(C)C)c3)c3nc(c(C#Cc4cccc(O[Si](C)(C)C(C)(C)C)c4)c4ccc1[nH]4)C=C3)C=C2. The molecule has 2 aliphatic rings. The molecule has 6 aromatic rings. The highest BCUT2D eigenvalue weighted by Gasteiger charge is 2.41. The Hall–Kier alpha value is -7.01. The minimum atomic E-state index is -2.11. The second-order valence-electron chi connectivity index (χ2n) is 26.4. The number of unbranched alkanes of at least 4 members (excludes halogenated alkanes) is 6. The highest BCUT2D eigenvalue weighted by Crippen LogP contribution is 2.40. The Labute approximate surface area is 488 Å². The molecule has 5 heterocycles. The van der Waals surface area contributed by atoms with Crippen LogP contribution in [-0.4, -0.2) is 44.9 Å². The van der Waals surface area contributed by atoms with E-state index in [9.17, 15) is 0 Å². The first-order chi connectivity index (χ1) is 38.2. The van der Waals surface area contributed by atoms with Crippen LogP contribution < -0.4 is 13.3 Å². The van der Waals surface area contributed by atoms with Crippen LogP contribution in [0.5, 0.6) is 17.2 Å². The number of rotatable bonds is 14. The smallest absolute Gasteiger partial charge is 0.250 e. The number of H-pyrrole nitrogens is 2. The minimum absolute atomic E-state index is 0.0422. The van der Waals surface area contributed by atoms with Crippen molar-refractivity contribution in [3.05, 3.63) is 159 Å². The molecule has 0 fully saturated rings. The highest BCUT2D eigenvalue weighted by atomic mass is 28.4. The standard InChI is InChI=1S/C71H86N4O3Si3/c1-17-18-19-20-21-22-23-33-57-61-40-42-63(72-61)58(37-34-51-27-24-30-54(48-51)76-79(11,12)69(2,3)4)65-44-46-67(74-65)60(39-36-53-29-26-32-56(50-53)78-81(15,16)71(8,9)10)68-47-45-66(75-68)59(64-43-41-62(57)73-64)38-35-52-28-25-31-55(49-52)77-80(13,14)70(5,6)7/h24-32,40-50,72-73H,17-23,33H2,1-16H3. The molecular formula is C71H86N4O3Si3. The van der Waals surface area contributed by atoms with Gasteiger partial charge in [0.25, 0.3) is 0 Å².